The molecule has 4 heterocycles. The number of hydrogen-bond acceptors (Lipinski definition) is 8. The Labute approximate surface area is 240 Å². The lowest BCUT2D eigenvalue weighted by Gasteiger charge is -2.28. The monoisotopic (exact) mass is 602 g/mol. The summed E-state index contributed by atoms with van der Waals surface area (Å²) in [6, 6.07) is 6.56. The fourth-order valence-electron chi connectivity index (χ4n) is 4.74. The molecule has 1 fully saturated rings. The Hall–Kier alpha value is -3.98. The van der Waals surface area contributed by atoms with Crippen LogP contribution in [0.2, 0.25) is 5.02 Å². The van der Waals surface area contributed by atoms with E-state index in [9.17, 15) is 23.2 Å². The van der Waals surface area contributed by atoms with Gasteiger partial charge in [-0.05, 0) is 47.9 Å². The molecule has 0 bridgehead atoms. The van der Waals surface area contributed by atoms with Crippen molar-refractivity contribution >= 4 is 56.8 Å². The van der Waals surface area contributed by atoms with Gasteiger partial charge in [0.05, 0.1) is 42.4 Å². The Morgan fingerprint density at radius 3 is 2.76 bits per heavy atom. The molecule has 2 aromatic carbocycles. The lowest BCUT2D eigenvalue weighted by molar-refractivity contribution is -0.123. The van der Waals surface area contributed by atoms with Crippen molar-refractivity contribution in [1.82, 2.24) is 24.6 Å². The summed E-state index contributed by atoms with van der Waals surface area (Å²) in [6.07, 6.45) is -0.372. The van der Waals surface area contributed by atoms with Crippen LogP contribution >= 0.6 is 23.1 Å². The fraction of sp³-hybridized carbons (Fsp3) is 0.269. The molecule has 11 nitrogen and oxygen atoms in total. The predicted octanol–water partition coefficient (Wildman–Crippen LogP) is 3.04. The van der Waals surface area contributed by atoms with Crippen LogP contribution < -0.4 is 16.0 Å². The number of rotatable bonds is 6. The average Bonchev–Trinajstić information content (AvgIpc) is 3.54. The molecule has 0 aliphatic carbocycles. The minimum atomic E-state index is -1.07. The van der Waals surface area contributed by atoms with Crippen LogP contribution in [-0.2, 0) is 20.8 Å². The Kier molecular flexibility index (Phi) is 7.38. The number of fused-ring (bicyclic) bond motifs is 2. The van der Waals surface area contributed by atoms with Crippen molar-refractivity contribution in [2.24, 2.45) is 0 Å². The van der Waals surface area contributed by atoms with Crippen LogP contribution in [-0.4, -0.2) is 64.1 Å². The summed E-state index contributed by atoms with van der Waals surface area (Å²) in [6.45, 7) is 0.955. The normalized spacial score (nSPS) is 18.6. The van der Waals surface area contributed by atoms with E-state index in [0.29, 0.717) is 29.9 Å². The largest absolute Gasteiger partial charge is 0.376 e. The van der Waals surface area contributed by atoms with Crippen LogP contribution in [0.25, 0.3) is 10.1 Å². The van der Waals surface area contributed by atoms with Gasteiger partial charge < -0.3 is 30.0 Å². The Morgan fingerprint density at radius 2 is 1.95 bits per heavy atom. The summed E-state index contributed by atoms with van der Waals surface area (Å²) < 4.78 is 45.2. The van der Waals surface area contributed by atoms with Crippen LogP contribution in [0.5, 0.6) is 0 Å². The maximum atomic E-state index is 14.3. The maximum Gasteiger partial charge on any atom is 0.287 e. The number of imidazole rings is 1. The van der Waals surface area contributed by atoms with Gasteiger partial charge in [0.2, 0.25) is 11.7 Å². The quantitative estimate of drug-likeness (QED) is 0.309. The van der Waals surface area contributed by atoms with Gasteiger partial charge in [0, 0.05) is 22.5 Å². The number of nitrogens with zero attached hydrogens (tertiary/aromatic N) is 3. The molecule has 0 radical (unpaired) electrons. The summed E-state index contributed by atoms with van der Waals surface area (Å²) >= 11 is 7.40. The van der Waals surface area contributed by atoms with E-state index in [0.717, 1.165) is 17.6 Å². The molecule has 3 amide bonds. The van der Waals surface area contributed by atoms with Crippen LogP contribution in [0.3, 0.4) is 0 Å². The molecule has 15 heteroatoms. The van der Waals surface area contributed by atoms with Gasteiger partial charge in [0.25, 0.3) is 11.8 Å². The first kappa shape index (κ1) is 27.2. The van der Waals surface area contributed by atoms with Crippen molar-refractivity contribution in [2.75, 3.05) is 31.7 Å². The second-order valence-corrected chi connectivity index (χ2v) is 10.5. The molecule has 2 atom stereocenters. The number of hydrogen-bond donors (Lipinski definition) is 3. The second kappa shape index (κ2) is 11.1. The first-order chi connectivity index (χ1) is 19.8. The van der Waals surface area contributed by atoms with E-state index < -0.39 is 35.4 Å². The van der Waals surface area contributed by atoms with E-state index >= 15 is 0 Å². The first-order valence-electron chi connectivity index (χ1n) is 12.5. The summed E-state index contributed by atoms with van der Waals surface area (Å²) in [4.78, 5) is 43.9. The molecule has 1 saturated heterocycles. The molecule has 0 unspecified atom stereocenters. The number of halogens is 3. The van der Waals surface area contributed by atoms with Crippen LogP contribution in [0.15, 0.2) is 36.4 Å². The molecule has 212 valence electrons. The zero-order valence-electron chi connectivity index (χ0n) is 21.1. The van der Waals surface area contributed by atoms with Crippen molar-refractivity contribution in [3.05, 3.63) is 75.8 Å². The number of anilines is 1. The lowest BCUT2D eigenvalue weighted by atomic mass is 10.0. The molecule has 41 heavy (non-hydrogen) atoms. The Bertz CT molecular complexity index is 1690. The topological polar surface area (TPSA) is 136 Å². The standard InChI is InChI=1S/C26H21ClF2N6O5S/c27-17-3-1-12(28)7-15(17)20-22-23(33-25(37)21-16-8-13(29)2-4-18(16)41-34-21)32-24(35(22)10-19(36)31-20)26(38)30-9-14-11-39-5-6-40-14/h1-4,7-8,14,20H,5-6,9-11H2,(H,30,38)(H,31,36)(H,33,37)/t14-,20-/m1/s1. The molecule has 0 saturated carbocycles. The molecular formula is C26H21ClF2N6O5S. The summed E-state index contributed by atoms with van der Waals surface area (Å²) in [5.74, 6) is -3.25. The van der Waals surface area contributed by atoms with Crippen molar-refractivity contribution in [2.45, 2.75) is 18.7 Å². The van der Waals surface area contributed by atoms with E-state index in [2.05, 4.69) is 25.3 Å². The molecule has 2 aromatic heterocycles. The smallest absolute Gasteiger partial charge is 0.287 e. The van der Waals surface area contributed by atoms with Gasteiger partial charge in [0.1, 0.15) is 23.9 Å². The Balaban J connectivity index is 1.40. The second-order valence-electron chi connectivity index (χ2n) is 9.33. The van der Waals surface area contributed by atoms with Gasteiger partial charge in [-0.15, -0.1) is 0 Å². The average molecular weight is 603 g/mol. The highest BCUT2D eigenvalue weighted by Crippen LogP contribution is 2.36. The van der Waals surface area contributed by atoms with Crippen molar-refractivity contribution in [1.29, 1.82) is 0 Å². The highest BCUT2D eigenvalue weighted by Gasteiger charge is 2.36. The van der Waals surface area contributed by atoms with E-state index in [4.69, 9.17) is 21.1 Å². The third-order valence-corrected chi connectivity index (χ3v) is 7.78. The van der Waals surface area contributed by atoms with Gasteiger partial charge in [0.15, 0.2) is 5.82 Å². The first-order valence-corrected chi connectivity index (χ1v) is 13.6. The van der Waals surface area contributed by atoms with E-state index in [-0.39, 0.29) is 52.8 Å². The minimum Gasteiger partial charge on any atom is -0.376 e. The van der Waals surface area contributed by atoms with Gasteiger partial charge in [-0.25, -0.2) is 13.8 Å². The molecule has 2 aliphatic heterocycles. The fourth-order valence-corrected chi connectivity index (χ4v) is 5.72. The van der Waals surface area contributed by atoms with E-state index in [1.807, 2.05) is 0 Å². The third-order valence-electron chi connectivity index (χ3n) is 6.61. The SMILES string of the molecule is O=C1Cn2c(C(=O)NC[C@@H]3COCCO3)nc(NC(=O)c3nsc4ccc(F)cc34)c2[C@@H](c2cc(F)ccc2Cl)N1. The van der Waals surface area contributed by atoms with Crippen LogP contribution in [0, 0.1) is 11.6 Å². The lowest BCUT2D eigenvalue weighted by Crippen LogP contribution is -2.43. The zero-order chi connectivity index (χ0) is 28.7. The maximum absolute atomic E-state index is 14.3. The van der Waals surface area contributed by atoms with Crippen LogP contribution in [0.1, 0.15) is 38.4 Å². The van der Waals surface area contributed by atoms with Crippen LogP contribution in [0.4, 0.5) is 14.6 Å². The number of nitrogens with one attached hydrogen (secondary N) is 3. The van der Waals surface area contributed by atoms with Gasteiger partial charge in [-0.1, -0.05) is 11.6 Å². The van der Waals surface area contributed by atoms with Crippen molar-refractivity contribution < 1.29 is 32.6 Å². The molecular weight excluding hydrogens is 582 g/mol. The number of aromatic nitrogens is 3. The summed E-state index contributed by atoms with van der Waals surface area (Å²) in [7, 11) is 0. The number of amides is 3. The molecule has 4 aromatic rings. The Morgan fingerprint density at radius 1 is 1.15 bits per heavy atom. The van der Waals surface area contributed by atoms with E-state index in [1.54, 1.807) is 0 Å². The number of carbonyl (C=O) groups excluding carboxylic acids is 3. The molecule has 6 rings (SSSR count). The minimum absolute atomic E-state index is 0.0492. The predicted molar refractivity (Wildman–Crippen MR) is 144 cm³/mol. The van der Waals surface area contributed by atoms with Gasteiger partial charge in [-0.3, -0.25) is 14.4 Å². The molecule has 0 spiro atoms. The summed E-state index contributed by atoms with van der Waals surface area (Å²) in [5.41, 5.74) is 0.336. The molecule has 3 N–H and O–H groups in total. The number of carbonyl (C=O) groups is 3. The van der Waals surface area contributed by atoms with Gasteiger partial charge >= 0.3 is 0 Å². The van der Waals surface area contributed by atoms with Gasteiger partial charge in [-0.2, -0.15) is 4.37 Å². The van der Waals surface area contributed by atoms with E-state index in [1.165, 1.54) is 34.9 Å². The highest BCUT2D eigenvalue weighted by atomic mass is 35.5. The summed E-state index contributed by atoms with van der Waals surface area (Å²) in [5, 5.41) is 8.56. The third kappa shape index (κ3) is 5.38. The highest BCUT2D eigenvalue weighted by molar-refractivity contribution is 7.13. The van der Waals surface area contributed by atoms with Crippen molar-refractivity contribution in [3.8, 4) is 0 Å². The number of benzene rings is 2. The molecule has 2 aliphatic rings. The zero-order valence-corrected chi connectivity index (χ0v) is 22.7. The van der Waals surface area contributed by atoms with Crippen molar-refractivity contribution in [3.63, 3.8) is 0 Å². The number of ether oxygens (including phenoxy) is 2.